The van der Waals surface area contributed by atoms with Gasteiger partial charge in [0.2, 0.25) is 5.91 Å². The van der Waals surface area contributed by atoms with E-state index >= 15 is 0 Å². The minimum absolute atomic E-state index is 0.203. The molecule has 1 N–H and O–H groups in total. The Morgan fingerprint density at radius 2 is 2.03 bits per heavy atom. The van der Waals surface area contributed by atoms with Crippen LogP contribution in [0, 0.1) is 14.9 Å². The summed E-state index contributed by atoms with van der Waals surface area (Å²) in [5, 5.41) is 17.5. The molecule has 9 heteroatoms. The monoisotopic (exact) mass is 569 g/mol. The van der Waals surface area contributed by atoms with Gasteiger partial charge in [0.25, 0.3) is 0 Å². The summed E-state index contributed by atoms with van der Waals surface area (Å²) in [6.07, 6.45) is 1.12. The molecule has 0 bridgehead atoms. The van der Waals surface area contributed by atoms with Gasteiger partial charge in [0.1, 0.15) is 29.8 Å². The molecule has 0 radical (unpaired) electrons. The van der Waals surface area contributed by atoms with E-state index in [1.165, 1.54) is 6.92 Å². The predicted octanol–water partition coefficient (Wildman–Crippen LogP) is 4.96. The van der Waals surface area contributed by atoms with Crippen molar-refractivity contribution in [2.75, 3.05) is 18.4 Å². The number of amides is 2. The first-order valence-electron chi connectivity index (χ1n) is 11.0. The Kier molecular flexibility index (Phi) is 7.47. The zero-order valence-electron chi connectivity index (χ0n) is 18.7. The lowest BCUT2D eigenvalue weighted by Gasteiger charge is -2.32. The van der Waals surface area contributed by atoms with E-state index in [2.05, 4.69) is 34.0 Å². The summed E-state index contributed by atoms with van der Waals surface area (Å²) in [7, 11) is 0. The van der Waals surface area contributed by atoms with Crippen molar-refractivity contribution < 1.29 is 14.3 Å². The molecule has 4 rings (SSSR count). The fourth-order valence-corrected chi connectivity index (χ4v) is 4.60. The molecule has 2 amide bonds. The smallest absolute Gasteiger partial charge is 0.410 e. The maximum atomic E-state index is 12.7. The number of carbonyl (C=O) groups excluding carboxylic acids is 2. The summed E-state index contributed by atoms with van der Waals surface area (Å²) in [5.41, 5.74) is 2.53. The van der Waals surface area contributed by atoms with Crippen molar-refractivity contribution >= 4 is 40.4 Å². The number of likely N-dealkylation sites (tertiary alicyclic amines) is 1. The lowest BCUT2D eigenvalue weighted by atomic mass is 10.1. The Bertz CT molecular complexity index is 1240. The van der Waals surface area contributed by atoms with Crippen molar-refractivity contribution in [1.29, 1.82) is 5.26 Å². The molecular formula is C25H24IN5O3. The number of hydrogen-bond acceptors (Lipinski definition) is 5. The van der Waals surface area contributed by atoms with Crippen LogP contribution >= 0.6 is 22.6 Å². The number of nitrogens with one attached hydrogen (secondary N) is 1. The normalized spacial score (nSPS) is 15.4. The van der Waals surface area contributed by atoms with Crippen LogP contribution in [0.15, 0.2) is 54.6 Å². The summed E-state index contributed by atoms with van der Waals surface area (Å²) in [4.78, 5) is 26.4. The van der Waals surface area contributed by atoms with Gasteiger partial charge in [0, 0.05) is 29.1 Å². The second-order valence-electron chi connectivity index (χ2n) is 8.10. The third-order valence-corrected chi connectivity index (χ3v) is 6.29. The Labute approximate surface area is 211 Å². The average Bonchev–Trinajstić information content (AvgIpc) is 3.21. The molecule has 1 fully saturated rings. The lowest BCUT2D eigenvalue weighted by Crippen LogP contribution is -2.41. The Hall–Kier alpha value is -3.39. The van der Waals surface area contributed by atoms with Crippen LogP contribution in [-0.2, 0) is 16.1 Å². The van der Waals surface area contributed by atoms with Crippen LogP contribution in [0.1, 0.15) is 36.9 Å². The molecule has 8 nitrogen and oxygen atoms in total. The highest BCUT2D eigenvalue weighted by atomic mass is 127. The van der Waals surface area contributed by atoms with Gasteiger partial charge in [-0.15, -0.1) is 0 Å². The van der Waals surface area contributed by atoms with Crippen molar-refractivity contribution in [3.05, 3.63) is 69.3 Å². The maximum absolute atomic E-state index is 12.7. The molecule has 34 heavy (non-hydrogen) atoms. The van der Waals surface area contributed by atoms with E-state index in [4.69, 9.17) is 9.84 Å². The number of nitriles is 1. The van der Waals surface area contributed by atoms with Crippen LogP contribution in [0.2, 0.25) is 0 Å². The van der Waals surface area contributed by atoms with Crippen LogP contribution in [-0.4, -0.2) is 39.8 Å². The van der Waals surface area contributed by atoms with E-state index in [0.717, 1.165) is 27.5 Å². The van der Waals surface area contributed by atoms with Gasteiger partial charge < -0.3 is 15.0 Å². The summed E-state index contributed by atoms with van der Waals surface area (Å²) in [5.74, 6) is 0.0649. The highest BCUT2D eigenvalue weighted by Gasteiger charge is 2.30. The Morgan fingerprint density at radius 1 is 1.24 bits per heavy atom. The minimum atomic E-state index is -0.389. The molecule has 174 valence electrons. The number of aromatic nitrogens is 2. The topological polar surface area (TPSA) is 100 Å². The molecule has 2 heterocycles. The highest BCUT2D eigenvalue weighted by molar-refractivity contribution is 14.1. The van der Waals surface area contributed by atoms with Gasteiger partial charge in [-0.05, 0) is 53.1 Å². The van der Waals surface area contributed by atoms with Crippen LogP contribution < -0.4 is 5.32 Å². The van der Waals surface area contributed by atoms with Crippen molar-refractivity contribution in [2.24, 2.45) is 0 Å². The fraction of sp³-hybridized carbons (Fsp3) is 0.280. The van der Waals surface area contributed by atoms with Gasteiger partial charge in [0.15, 0.2) is 0 Å². The lowest BCUT2D eigenvalue weighted by molar-refractivity contribution is -0.114. The standard InChI is InChI=1S/C25H24IN5O3/c1-17(32)28-24-22(14-27)23(19-9-5-10-20(26)13-19)29-31(24)21-11-6-12-30(15-21)25(33)34-16-18-7-3-2-4-8-18/h2-5,7-10,13,21H,6,11-12,15-16H2,1H3,(H,28,32). The first kappa shape index (κ1) is 23.8. The zero-order chi connectivity index (χ0) is 24.1. The number of nitrogens with zero attached hydrogens (tertiary/aromatic N) is 4. The van der Waals surface area contributed by atoms with Crippen LogP contribution in [0.4, 0.5) is 10.6 Å². The van der Waals surface area contributed by atoms with Gasteiger partial charge in [-0.1, -0.05) is 42.5 Å². The van der Waals surface area contributed by atoms with Gasteiger partial charge in [0.05, 0.1) is 6.04 Å². The molecule has 1 saturated heterocycles. The van der Waals surface area contributed by atoms with Crippen molar-refractivity contribution in [1.82, 2.24) is 14.7 Å². The summed E-state index contributed by atoms with van der Waals surface area (Å²) in [6, 6.07) is 19.2. The van der Waals surface area contributed by atoms with Gasteiger partial charge in [-0.2, -0.15) is 10.4 Å². The van der Waals surface area contributed by atoms with Gasteiger partial charge >= 0.3 is 6.09 Å². The third kappa shape index (κ3) is 5.39. The number of benzene rings is 2. The summed E-state index contributed by atoms with van der Waals surface area (Å²) >= 11 is 2.21. The van der Waals surface area contributed by atoms with E-state index < -0.39 is 0 Å². The van der Waals surface area contributed by atoms with Crippen molar-refractivity contribution in [2.45, 2.75) is 32.4 Å². The van der Waals surface area contributed by atoms with Crippen molar-refractivity contribution in [3.63, 3.8) is 0 Å². The second-order valence-corrected chi connectivity index (χ2v) is 9.35. The number of piperidine rings is 1. The minimum Gasteiger partial charge on any atom is -0.445 e. The Morgan fingerprint density at radius 3 is 2.74 bits per heavy atom. The largest absolute Gasteiger partial charge is 0.445 e. The SMILES string of the molecule is CC(=O)Nc1c(C#N)c(-c2cccc(I)c2)nn1C1CCCN(C(=O)OCc2ccccc2)C1. The quantitative estimate of drug-likeness (QED) is 0.438. The van der Waals surface area contributed by atoms with E-state index in [1.807, 2.05) is 54.6 Å². The van der Waals surface area contributed by atoms with Crippen molar-refractivity contribution in [3.8, 4) is 17.3 Å². The molecule has 2 aromatic carbocycles. The molecule has 0 saturated carbocycles. The number of hydrogen-bond donors (Lipinski definition) is 1. The maximum Gasteiger partial charge on any atom is 0.410 e. The number of anilines is 1. The number of rotatable bonds is 5. The summed E-state index contributed by atoms with van der Waals surface area (Å²) < 4.78 is 8.21. The first-order chi connectivity index (χ1) is 16.5. The number of ether oxygens (including phenoxy) is 1. The van der Waals surface area contributed by atoms with E-state index in [1.54, 1.807) is 9.58 Å². The van der Waals surface area contributed by atoms with E-state index in [9.17, 15) is 14.9 Å². The summed E-state index contributed by atoms with van der Waals surface area (Å²) in [6.45, 7) is 2.56. The molecule has 0 aliphatic carbocycles. The molecule has 0 spiro atoms. The zero-order valence-corrected chi connectivity index (χ0v) is 20.9. The molecular weight excluding hydrogens is 545 g/mol. The van der Waals surface area contributed by atoms with E-state index in [-0.39, 0.29) is 24.6 Å². The van der Waals surface area contributed by atoms with Crippen LogP contribution in [0.3, 0.4) is 0 Å². The average molecular weight is 569 g/mol. The molecule has 1 atom stereocenters. The number of carbonyl (C=O) groups is 2. The third-order valence-electron chi connectivity index (χ3n) is 5.62. The van der Waals surface area contributed by atoms with Crippen LogP contribution in [0.25, 0.3) is 11.3 Å². The molecule has 1 aliphatic rings. The molecule has 1 aromatic heterocycles. The second kappa shape index (κ2) is 10.7. The fourth-order valence-electron chi connectivity index (χ4n) is 4.06. The number of halogens is 1. The molecule has 1 unspecified atom stereocenters. The van der Waals surface area contributed by atoms with E-state index in [0.29, 0.717) is 30.2 Å². The van der Waals surface area contributed by atoms with Crippen LogP contribution in [0.5, 0.6) is 0 Å². The molecule has 3 aromatic rings. The Balaban J connectivity index is 1.60. The van der Waals surface area contributed by atoms with Gasteiger partial charge in [-0.25, -0.2) is 9.48 Å². The molecule has 1 aliphatic heterocycles. The predicted molar refractivity (Wildman–Crippen MR) is 136 cm³/mol. The first-order valence-corrected chi connectivity index (χ1v) is 12.1. The highest BCUT2D eigenvalue weighted by Crippen LogP contribution is 2.34. The van der Waals surface area contributed by atoms with Gasteiger partial charge in [-0.3, -0.25) is 4.79 Å².